The van der Waals surface area contributed by atoms with E-state index in [2.05, 4.69) is 11.9 Å². The number of amides is 1. The summed E-state index contributed by atoms with van der Waals surface area (Å²) in [5.41, 5.74) is 5.25. The zero-order chi connectivity index (χ0) is 8.69. The van der Waals surface area contributed by atoms with Crippen LogP contribution in [0.5, 0.6) is 0 Å². The fraction of sp³-hybridized carbons (Fsp3) is 0.571. The third-order valence-corrected chi connectivity index (χ3v) is 1.33. The molecule has 0 aromatic heterocycles. The molecule has 0 rings (SSSR count). The van der Waals surface area contributed by atoms with Crippen LogP contribution in [-0.2, 0) is 4.79 Å². The Morgan fingerprint density at radius 3 is 2.64 bits per heavy atom. The summed E-state index contributed by atoms with van der Waals surface area (Å²) in [4.78, 5) is 10.7. The van der Waals surface area contributed by atoms with Crippen molar-refractivity contribution in [2.45, 2.75) is 12.8 Å². The zero-order valence-corrected chi connectivity index (χ0v) is 7.16. The second-order valence-corrected chi connectivity index (χ2v) is 2.61. The maximum atomic E-state index is 10.7. The van der Waals surface area contributed by atoms with E-state index in [4.69, 9.17) is 17.3 Å². The molecular weight excluding hydrogens is 164 g/mol. The molecule has 4 heteroatoms. The first-order valence-corrected chi connectivity index (χ1v) is 3.89. The van der Waals surface area contributed by atoms with Crippen LogP contribution in [0.3, 0.4) is 0 Å². The Labute approximate surface area is 71.6 Å². The quantitative estimate of drug-likeness (QED) is 0.476. The highest BCUT2D eigenvalue weighted by Crippen LogP contribution is 1.95. The number of hydrogen-bond donors (Lipinski definition) is 2. The molecule has 0 aliphatic rings. The first-order chi connectivity index (χ1) is 5.18. The number of halogens is 1. The average molecular weight is 177 g/mol. The summed E-state index contributed by atoms with van der Waals surface area (Å²) in [5, 5.41) is 2.62. The lowest BCUT2D eigenvalue weighted by atomic mass is 10.3. The van der Waals surface area contributed by atoms with Gasteiger partial charge in [-0.1, -0.05) is 18.2 Å². The van der Waals surface area contributed by atoms with Gasteiger partial charge in [0.15, 0.2) is 0 Å². The predicted octanol–water partition coefficient (Wildman–Crippen LogP) is 0.594. The molecule has 0 radical (unpaired) electrons. The molecule has 0 saturated heterocycles. The van der Waals surface area contributed by atoms with Gasteiger partial charge in [-0.2, -0.15) is 0 Å². The van der Waals surface area contributed by atoms with Crippen molar-refractivity contribution in [3.63, 3.8) is 0 Å². The van der Waals surface area contributed by atoms with E-state index in [-0.39, 0.29) is 10.9 Å². The SMILES string of the molecule is C=C(Cl)C(=O)NCCCCN. The van der Waals surface area contributed by atoms with E-state index < -0.39 is 0 Å². The van der Waals surface area contributed by atoms with Crippen molar-refractivity contribution in [3.05, 3.63) is 11.6 Å². The van der Waals surface area contributed by atoms with Crippen LogP contribution in [0.15, 0.2) is 11.6 Å². The Morgan fingerprint density at radius 2 is 2.18 bits per heavy atom. The van der Waals surface area contributed by atoms with Gasteiger partial charge in [-0.3, -0.25) is 4.79 Å². The van der Waals surface area contributed by atoms with Gasteiger partial charge in [0, 0.05) is 6.54 Å². The minimum absolute atomic E-state index is 0.0257. The van der Waals surface area contributed by atoms with E-state index in [1.54, 1.807) is 0 Å². The number of nitrogens with one attached hydrogen (secondary N) is 1. The van der Waals surface area contributed by atoms with Crippen LogP contribution >= 0.6 is 11.6 Å². The Bertz CT molecular complexity index is 147. The summed E-state index contributed by atoms with van der Waals surface area (Å²) < 4.78 is 0. The van der Waals surface area contributed by atoms with Crippen LogP contribution in [-0.4, -0.2) is 19.0 Å². The van der Waals surface area contributed by atoms with Crippen molar-refractivity contribution in [2.75, 3.05) is 13.1 Å². The second-order valence-electron chi connectivity index (χ2n) is 2.16. The number of unbranched alkanes of at least 4 members (excludes halogenated alkanes) is 1. The number of nitrogens with two attached hydrogens (primary N) is 1. The van der Waals surface area contributed by atoms with Gasteiger partial charge in [-0.15, -0.1) is 0 Å². The summed E-state index contributed by atoms with van der Waals surface area (Å²) in [7, 11) is 0. The second kappa shape index (κ2) is 6.19. The van der Waals surface area contributed by atoms with Crippen molar-refractivity contribution in [2.24, 2.45) is 5.73 Å². The van der Waals surface area contributed by atoms with Crippen molar-refractivity contribution >= 4 is 17.5 Å². The standard InChI is InChI=1S/C7H13ClN2O/c1-6(8)7(11)10-5-3-2-4-9/h1-5,9H2,(H,10,11). The van der Waals surface area contributed by atoms with Crippen LogP contribution < -0.4 is 11.1 Å². The molecule has 0 spiro atoms. The van der Waals surface area contributed by atoms with Crippen molar-refractivity contribution in [3.8, 4) is 0 Å². The van der Waals surface area contributed by atoms with Gasteiger partial charge in [-0.25, -0.2) is 0 Å². The minimum Gasteiger partial charge on any atom is -0.351 e. The van der Waals surface area contributed by atoms with Crippen LogP contribution in [0.4, 0.5) is 0 Å². The first-order valence-electron chi connectivity index (χ1n) is 3.51. The molecule has 11 heavy (non-hydrogen) atoms. The van der Waals surface area contributed by atoms with Crippen molar-refractivity contribution in [1.29, 1.82) is 0 Å². The molecule has 1 amide bonds. The summed E-state index contributed by atoms with van der Waals surface area (Å²) in [6, 6.07) is 0. The third-order valence-electron chi connectivity index (χ3n) is 1.16. The molecule has 0 aromatic rings. The van der Waals surface area contributed by atoms with E-state index in [0.717, 1.165) is 12.8 Å². The summed E-state index contributed by atoms with van der Waals surface area (Å²) in [5.74, 6) is -0.302. The van der Waals surface area contributed by atoms with Crippen LogP contribution in [0.2, 0.25) is 0 Å². The molecule has 3 nitrogen and oxygen atoms in total. The van der Waals surface area contributed by atoms with Crippen LogP contribution in [0.1, 0.15) is 12.8 Å². The predicted molar refractivity (Wildman–Crippen MR) is 46.3 cm³/mol. The molecular formula is C7H13ClN2O. The van der Waals surface area contributed by atoms with Gasteiger partial charge in [0.2, 0.25) is 0 Å². The molecule has 0 fully saturated rings. The third kappa shape index (κ3) is 5.88. The van der Waals surface area contributed by atoms with Crippen molar-refractivity contribution < 1.29 is 4.79 Å². The molecule has 0 atom stereocenters. The van der Waals surface area contributed by atoms with Gasteiger partial charge in [0.25, 0.3) is 5.91 Å². The molecule has 0 bridgehead atoms. The molecule has 3 N–H and O–H groups in total. The fourth-order valence-electron chi connectivity index (χ4n) is 0.567. The monoisotopic (exact) mass is 176 g/mol. The van der Waals surface area contributed by atoms with Gasteiger partial charge in [0.1, 0.15) is 0 Å². The Balaban J connectivity index is 3.25. The van der Waals surface area contributed by atoms with E-state index in [1.807, 2.05) is 0 Å². The molecule has 0 aromatic carbocycles. The number of carbonyl (C=O) groups excluding carboxylic acids is 1. The molecule has 64 valence electrons. The number of hydrogen-bond acceptors (Lipinski definition) is 2. The Kier molecular flexibility index (Phi) is 5.88. The average Bonchev–Trinajstić information content (AvgIpc) is 1.97. The molecule has 0 saturated carbocycles. The smallest absolute Gasteiger partial charge is 0.262 e. The number of rotatable bonds is 5. The lowest BCUT2D eigenvalue weighted by Gasteiger charge is -2.01. The van der Waals surface area contributed by atoms with Crippen LogP contribution in [0.25, 0.3) is 0 Å². The first kappa shape index (κ1) is 10.5. The summed E-state index contributed by atoms with van der Waals surface area (Å²) in [6.45, 7) is 4.55. The molecule has 0 unspecified atom stereocenters. The van der Waals surface area contributed by atoms with Gasteiger partial charge in [-0.05, 0) is 19.4 Å². The lowest BCUT2D eigenvalue weighted by Crippen LogP contribution is -2.24. The topological polar surface area (TPSA) is 55.1 Å². The highest BCUT2D eigenvalue weighted by Gasteiger charge is 2.00. The lowest BCUT2D eigenvalue weighted by molar-refractivity contribution is -0.116. The van der Waals surface area contributed by atoms with E-state index >= 15 is 0 Å². The van der Waals surface area contributed by atoms with Crippen LogP contribution in [0, 0.1) is 0 Å². The van der Waals surface area contributed by atoms with E-state index in [1.165, 1.54) is 0 Å². The summed E-state index contributed by atoms with van der Waals surface area (Å²) in [6.07, 6.45) is 1.79. The Morgan fingerprint density at radius 1 is 1.55 bits per heavy atom. The number of carbonyl (C=O) groups is 1. The maximum Gasteiger partial charge on any atom is 0.262 e. The molecule has 0 aliphatic carbocycles. The molecule has 0 aliphatic heterocycles. The fourth-order valence-corrected chi connectivity index (χ4v) is 0.634. The largest absolute Gasteiger partial charge is 0.351 e. The maximum absolute atomic E-state index is 10.7. The highest BCUT2D eigenvalue weighted by molar-refractivity contribution is 6.41. The van der Waals surface area contributed by atoms with E-state index in [9.17, 15) is 4.79 Å². The van der Waals surface area contributed by atoms with Gasteiger partial charge in [0.05, 0.1) is 5.03 Å². The summed E-state index contributed by atoms with van der Waals surface area (Å²) >= 11 is 5.31. The minimum atomic E-state index is -0.302. The van der Waals surface area contributed by atoms with Crippen molar-refractivity contribution in [1.82, 2.24) is 5.32 Å². The van der Waals surface area contributed by atoms with Gasteiger partial charge >= 0.3 is 0 Å². The Hall–Kier alpha value is -0.540. The molecule has 0 heterocycles. The van der Waals surface area contributed by atoms with Gasteiger partial charge < -0.3 is 11.1 Å². The zero-order valence-electron chi connectivity index (χ0n) is 6.40. The van der Waals surface area contributed by atoms with E-state index in [0.29, 0.717) is 13.1 Å². The normalized spacial score (nSPS) is 9.27. The highest BCUT2D eigenvalue weighted by atomic mass is 35.5.